The average molecular weight is 286 g/mol. The Kier molecular flexibility index (Phi) is 3.12. The van der Waals surface area contributed by atoms with Gasteiger partial charge >= 0.3 is 0 Å². The normalized spacial score (nSPS) is 41.4. The summed E-state index contributed by atoms with van der Waals surface area (Å²) >= 11 is 0. The largest absolute Gasteiger partial charge is 0.307 e. The molecule has 4 aliphatic carbocycles. The lowest BCUT2D eigenvalue weighted by Crippen LogP contribution is -2.58. The lowest BCUT2D eigenvalue weighted by atomic mass is 9.53. The molecule has 0 unspecified atom stereocenters. The van der Waals surface area contributed by atoms with Gasteiger partial charge in [0.15, 0.2) is 0 Å². The van der Waals surface area contributed by atoms with Crippen molar-refractivity contribution in [3.63, 3.8) is 0 Å². The molecule has 0 aromatic carbocycles. The summed E-state index contributed by atoms with van der Waals surface area (Å²) in [5, 5.41) is 4.00. The van der Waals surface area contributed by atoms with Gasteiger partial charge in [0.1, 0.15) is 0 Å². The fourth-order valence-corrected chi connectivity index (χ4v) is 5.66. The Labute approximate surface area is 129 Å². The van der Waals surface area contributed by atoms with E-state index >= 15 is 0 Å². The van der Waals surface area contributed by atoms with Crippen LogP contribution < -0.4 is 5.32 Å². The summed E-state index contributed by atoms with van der Waals surface area (Å²) in [6.45, 7) is 8.77. The maximum absolute atomic E-state index is 4.74. The number of allylic oxidation sites excluding steroid dienone is 1. The molecule has 5 aliphatic rings. The van der Waals surface area contributed by atoms with Crippen LogP contribution in [0, 0.1) is 23.2 Å². The molecule has 4 saturated carbocycles. The zero-order chi connectivity index (χ0) is 14.7. The Morgan fingerprint density at radius 2 is 1.67 bits per heavy atom. The van der Waals surface area contributed by atoms with Gasteiger partial charge in [-0.25, -0.2) is 0 Å². The fraction of sp³-hybridized carbons (Fsp3) is 0.842. The Hall–Kier alpha value is -0.630. The van der Waals surface area contributed by atoms with Crippen LogP contribution in [0.5, 0.6) is 0 Å². The van der Waals surface area contributed by atoms with Gasteiger partial charge in [0.25, 0.3) is 0 Å². The van der Waals surface area contributed by atoms with Crippen LogP contribution in [-0.2, 0) is 0 Å². The van der Waals surface area contributed by atoms with Gasteiger partial charge < -0.3 is 5.32 Å². The van der Waals surface area contributed by atoms with E-state index in [1.54, 1.807) is 0 Å². The summed E-state index contributed by atoms with van der Waals surface area (Å²) in [6, 6.07) is 0. The first kappa shape index (κ1) is 14.0. The third-order valence-corrected chi connectivity index (χ3v) is 6.29. The molecule has 0 aromatic rings. The summed E-state index contributed by atoms with van der Waals surface area (Å²) < 4.78 is 0. The summed E-state index contributed by atoms with van der Waals surface area (Å²) in [7, 11) is 0. The van der Waals surface area contributed by atoms with Gasteiger partial charge in [0, 0.05) is 23.2 Å². The van der Waals surface area contributed by atoms with Crippen LogP contribution in [0.2, 0.25) is 0 Å². The molecule has 4 bridgehead atoms. The predicted octanol–water partition coefficient (Wildman–Crippen LogP) is 3.97. The molecule has 2 nitrogen and oxygen atoms in total. The van der Waals surface area contributed by atoms with Crippen molar-refractivity contribution in [2.45, 2.75) is 64.8 Å². The standard InChI is InChI=1S/C19H30N2/c1-18(2,3)17-7-16(11-20-17)12-21-19-8-13-4-14(9-19)6-15(5-13)10-19/h7,13-15,21H,4-6,8-12H2,1-3H3. The summed E-state index contributed by atoms with van der Waals surface area (Å²) in [5.74, 6) is 3.09. The minimum atomic E-state index is 0.197. The Balaban J connectivity index is 1.40. The van der Waals surface area contributed by atoms with Crippen LogP contribution in [-0.4, -0.2) is 24.3 Å². The third-order valence-electron chi connectivity index (χ3n) is 6.29. The van der Waals surface area contributed by atoms with Crippen LogP contribution in [0.3, 0.4) is 0 Å². The fourth-order valence-electron chi connectivity index (χ4n) is 5.66. The van der Waals surface area contributed by atoms with E-state index in [2.05, 4.69) is 32.2 Å². The lowest BCUT2D eigenvalue weighted by Gasteiger charge is -2.57. The van der Waals surface area contributed by atoms with Gasteiger partial charge in [-0.1, -0.05) is 20.8 Å². The maximum Gasteiger partial charge on any atom is 0.0619 e. The topological polar surface area (TPSA) is 24.4 Å². The summed E-state index contributed by atoms with van der Waals surface area (Å²) in [4.78, 5) is 4.74. The highest BCUT2D eigenvalue weighted by atomic mass is 15.0. The van der Waals surface area contributed by atoms with E-state index in [-0.39, 0.29) is 5.41 Å². The first-order valence-electron chi connectivity index (χ1n) is 8.91. The summed E-state index contributed by atoms with van der Waals surface area (Å²) in [5.41, 5.74) is 3.46. The summed E-state index contributed by atoms with van der Waals surface area (Å²) in [6.07, 6.45) is 11.3. The SMILES string of the molecule is CC(C)(C)C1=NCC(CNC23CC4CC(CC(C4)C2)C3)=C1. The second kappa shape index (κ2) is 4.68. The van der Waals surface area contributed by atoms with Crippen LogP contribution in [0.1, 0.15) is 59.3 Å². The number of hydrogen-bond donors (Lipinski definition) is 1. The molecule has 5 rings (SSSR count). The highest BCUT2D eigenvalue weighted by Gasteiger charge is 2.50. The minimum absolute atomic E-state index is 0.197. The second-order valence-electron chi connectivity index (χ2n) is 9.31. The maximum atomic E-state index is 4.74. The van der Waals surface area contributed by atoms with Crippen molar-refractivity contribution in [2.24, 2.45) is 28.2 Å². The van der Waals surface area contributed by atoms with E-state index < -0.39 is 0 Å². The van der Waals surface area contributed by atoms with Crippen molar-refractivity contribution < 1.29 is 0 Å². The monoisotopic (exact) mass is 286 g/mol. The number of nitrogens with zero attached hydrogens (tertiary/aromatic N) is 1. The quantitative estimate of drug-likeness (QED) is 0.834. The number of aliphatic imine (C=N–C) groups is 1. The molecule has 0 radical (unpaired) electrons. The molecule has 0 saturated heterocycles. The molecule has 0 spiro atoms. The van der Waals surface area contributed by atoms with Crippen molar-refractivity contribution in [3.05, 3.63) is 11.6 Å². The number of hydrogen-bond acceptors (Lipinski definition) is 2. The zero-order valence-corrected chi connectivity index (χ0v) is 13.9. The molecule has 0 aromatic heterocycles. The molecule has 21 heavy (non-hydrogen) atoms. The van der Waals surface area contributed by atoms with E-state index in [0.717, 1.165) is 30.8 Å². The van der Waals surface area contributed by atoms with Gasteiger partial charge in [-0.3, -0.25) is 4.99 Å². The molecule has 1 N–H and O–H groups in total. The van der Waals surface area contributed by atoms with Gasteiger partial charge in [-0.15, -0.1) is 0 Å². The van der Waals surface area contributed by atoms with Crippen LogP contribution >= 0.6 is 0 Å². The first-order chi connectivity index (χ1) is 9.92. The predicted molar refractivity (Wildman–Crippen MR) is 88.7 cm³/mol. The average Bonchev–Trinajstić information content (AvgIpc) is 2.83. The van der Waals surface area contributed by atoms with E-state index in [4.69, 9.17) is 4.99 Å². The highest BCUT2D eigenvalue weighted by molar-refractivity contribution is 6.01. The van der Waals surface area contributed by atoms with Crippen molar-refractivity contribution in [1.82, 2.24) is 5.32 Å². The number of rotatable bonds is 3. The van der Waals surface area contributed by atoms with Crippen LogP contribution in [0.15, 0.2) is 16.6 Å². The van der Waals surface area contributed by atoms with Gasteiger partial charge in [0.05, 0.1) is 6.54 Å². The van der Waals surface area contributed by atoms with Crippen LogP contribution in [0.4, 0.5) is 0 Å². The molecular weight excluding hydrogens is 256 g/mol. The first-order valence-corrected chi connectivity index (χ1v) is 8.91. The van der Waals surface area contributed by atoms with Gasteiger partial charge in [-0.2, -0.15) is 0 Å². The second-order valence-corrected chi connectivity index (χ2v) is 9.31. The lowest BCUT2D eigenvalue weighted by molar-refractivity contribution is -0.0182. The van der Waals surface area contributed by atoms with E-state index in [9.17, 15) is 0 Å². The zero-order valence-electron chi connectivity index (χ0n) is 13.9. The minimum Gasteiger partial charge on any atom is -0.307 e. The van der Waals surface area contributed by atoms with E-state index in [1.807, 2.05) is 0 Å². The molecule has 1 aliphatic heterocycles. The van der Waals surface area contributed by atoms with E-state index in [0.29, 0.717) is 5.54 Å². The molecule has 0 amide bonds. The Morgan fingerprint density at radius 1 is 1.10 bits per heavy atom. The van der Waals surface area contributed by atoms with Crippen LogP contribution in [0.25, 0.3) is 0 Å². The van der Waals surface area contributed by atoms with Gasteiger partial charge in [-0.05, 0) is 67.9 Å². The van der Waals surface area contributed by atoms with E-state index in [1.165, 1.54) is 49.8 Å². The molecular formula is C19H30N2. The third kappa shape index (κ3) is 2.60. The molecule has 4 fully saturated rings. The molecule has 0 atom stereocenters. The smallest absolute Gasteiger partial charge is 0.0619 e. The molecule has 2 heteroatoms. The van der Waals surface area contributed by atoms with Crippen molar-refractivity contribution in [1.29, 1.82) is 0 Å². The molecule has 1 heterocycles. The Morgan fingerprint density at radius 3 is 2.14 bits per heavy atom. The Bertz CT molecular complexity index is 457. The highest BCUT2D eigenvalue weighted by Crippen LogP contribution is 2.55. The van der Waals surface area contributed by atoms with Gasteiger partial charge in [0.2, 0.25) is 0 Å². The van der Waals surface area contributed by atoms with Crippen molar-refractivity contribution in [3.8, 4) is 0 Å². The van der Waals surface area contributed by atoms with Crippen molar-refractivity contribution >= 4 is 5.71 Å². The van der Waals surface area contributed by atoms with Crippen molar-refractivity contribution in [2.75, 3.05) is 13.1 Å². The number of nitrogens with one attached hydrogen (secondary N) is 1. The molecule has 116 valence electrons.